The first kappa shape index (κ1) is 13.4. The molecule has 0 N–H and O–H groups in total. The molecule has 5 nitrogen and oxygen atoms in total. The molecule has 0 fully saturated rings. The van der Waals surface area contributed by atoms with E-state index in [0.717, 1.165) is 11.0 Å². The summed E-state index contributed by atoms with van der Waals surface area (Å²) in [5, 5.41) is 21.8. The molecule has 0 saturated heterocycles. The Hall–Kier alpha value is -0.714. The normalized spacial score (nSPS) is 10.9. The van der Waals surface area contributed by atoms with E-state index in [1.165, 1.54) is 0 Å². The maximum absolute atomic E-state index is 10.4. The minimum absolute atomic E-state index is 0. The summed E-state index contributed by atoms with van der Waals surface area (Å²) in [6.07, 6.45) is 0. The summed E-state index contributed by atoms with van der Waals surface area (Å²) in [7, 11) is 1.74. The Morgan fingerprint density at radius 1 is 1.50 bits per heavy atom. The van der Waals surface area contributed by atoms with Crippen LogP contribution in [0.5, 0.6) is 0 Å². The SMILES string of the molecule is Cn1c(/C(C#N)=N\[O-])nc2ccccc21.[K+]. The van der Waals surface area contributed by atoms with E-state index in [-0.39, 0.29) is 57.1 Å². The number of aryl methyl sites for hydroxylation is 1. The summed E-state index contributed by atoms with van der Waals surface area (Å²) in [5.41, 5.74) is 1.41. The smallest absolute Gasteiger partial charge is 0.791 e. The summed E-state index contributed by atoms with van der Waals surface area (Å²) >= 11 is 0. The van der Waals surface area contributed by atoms with Gasteiger partial charge in [-0.1, -0.05) is 12.1 Å². The summed E-state index contributed by atoms with van der Waals surface area (Å²) in [4.78, 5) is 4.16. The van der Waals surface area contributed by atoms with E-state index < -0.39 is 0 Å². The van der Waals surface area contributed by atoms with Gasteiger partial charge < -0.3 is 14.9 Å². The monoisotopic (exact) mass is 238 g/mol. The van der Waals surface area contributed by atoms with Gasteiger partial charge in [-0.25, -0.2) is 4.98 Å². The predicted octanol–water partition coefficient (Wildman–Crippen LogP) is -1.61. The largest absolute Gasteiger partial charge is 1.00 e. The maximum atomic E-state index is 10.4. The molecule has 2 aromatic rings. The molecule has 74 valence electrons. The van der Waals surface area contributed by atoms with E-state index in [4.69, 9.17) is 5.26 Å². The molecule has 6 heteroatoms. The number of hydrogen-bond donors (Lipinski definition) is 0. The first-order chi connectivity index (χ1) is 7.27. The van der Waals surface area contributed by atoms with E-state index in [2.05, 4.69) is 10.1 Å². The fourth-order valence-electron chi connectivity index (χ4n) is 1.47. The molecule has 0 radical (unpaired) electrons. The van der Waals surface area contributed by atoms with Crippen molar-refractivity contribution in [3.8, 4) is 6.07 Å². The van der Waals surface area contributed by atoms with Crippen molar-refractivity contribution in [2.24, 2.45) is 12.2 Å². The van der Waals surface area contributed by atoms with Gasteiger partial charge in [0.1, 0.15) is 6.07 Å². The quantitative estimate of drug-likeness (QED) is 0.340. The van der Waals surface area contributed by atoms with Gasteiger partial charge >= 0.3 is 51.4 Å². The molecule has 0 aliphatic carbocycles. The van der Waals surface area contributed by atoms with E-state index >= 15 is 0 Å². The third-order valence-electron chi connectivity index (χ3n) is 2.20. The number of nitriles is 1. The Morgan fingerprint density at radius 3 is 2.75 bits per heavy atom. The van der Waals surface area contributed by atoms with Gasteiger partial charge in [0.2, 0.25) is 0 Å². The van der Waals surface area contributed by atoms with Crippen molar-refractivity contribution in [3.05, 3.63) is 35.3 Å². The van der Waals surface area contributed by atoms with Gasteiger partial charge in [-0.2, -0.15) is 5.26 Å². The summed E-state index contributed by atoms with van der Waals surface area (Å²) in [6.45, 7) is 0. The molecule has 0 spiro atoms. The van der Waals surface area contributed by atoms with Gasteiger partial charge in [-0.15, -0.1) is 0 Å². The average molecular weight is 238 g/mol. The fourth-order valence-corrected chi connectivity index (χ4v) is 1.47. The summed E-state index contributed by atoms with van der Waals surface area (Å²) in [6, 6.07) is 9.12. The summed E-state index contributed by atoms with van der Waals surface area (Å²) in [5.74, 6) is 0.300. The number of fused-ring (bicyclic) bond motifs is 1. The Morgan fingerprint density at radius 2 is 2.19 bits per heavy atom. The zero-order chi connectivity index (χ0) is 10.8. The van der Waals surface area contributed by atoms with Crippen molar-refractivity contribution in [3.63, 3.8) is 0 Å². The number of rotatable bonds is 1. The number of imidazole rings is 1. The number of hydrogen-bond acceptors (Lipinski definition) is 4. The third kappa shape index (κ3) is 2.19. The van der Waals surface area contributed by atoms with Gasteiger partial charge in [-0.3, -0.25) is 0 Å². The third-order valence-corrected chi connectivity index (χ3v) is 2.20. The molecular formula is C10H7KN4O. The van der Waals surface area contributed by atoms with Crippen LogP contribution in [0.25, 0.3) is 11.0 Å². The van der Waals surface area contributed by atoms with Crippen LogP contribution >= 0.6 is 0 Å². The van der Waals surface area contributed by atoms with E-state index in [1.807, 2.05) is 24.3 Å². The molecule has 16 heavy (non-hydrogen) atoms. The topological polar surface area (TPSA) is 77.0 Å². The summed E-state index contributed by atoms with van der Waals surface area (Å²) < 4.78 is 1.68. The van der Waals surface area contributed by atoms with Crippen molar-refractivity contribution < 1.29 is 51.4 Å². The Labute approximate surface area is 135 Å². The number of nitrogens with zero attached hydrogens (tertiary/aromatic N) is 4. The minimum atomic E-state index is -0.200. The van der Waals surface area contributed by atoms with Crippen molar-refractivity contribution in [2.75, 3.05) is 0 Å². The van der Waals surface area contributed by atoms with Crippen LogP contribution in [0.15, 0.2) is 29.4 Å². The number of para-hydroxylation sites is 2. The van der Waals surface area contributed by atoms with Crippen LogP contribution in [-0.2, 0) is 7.05 Å². The van der Waals surface area contributed by atoms with Gasteiger partial charge in [0.05, 0.1) is 11.0 Å². The van der Waals surface area contributed by atoms with Crippen LogP contribution in [0.3, 0.4) is 0 Å². The second kappa shape index (κ2) is 5.57. The standard InChI is InChI=1S/C10H8N4O.K/c1-14-9-5-3-2-4-7(9)12-10(14)8(6-11)13-15;/h2-5,15H,1H3;/q;+1/p-1/b13-8-;. The fraction of sp³-hybridized carbons (Fsp3) is 0.100. The zero-order valence-electron chi connectivity index (χ0n) is 9.01. The zero-order valence-corrected chi connectivity index (χ0v) is 12.1. The van der Waals surface area contributed by atoms with Crippen LogP contribution in [0.1, 0.15) is 5.82 Å². The molecular weight excluding hydrogens is 231 g/mol. The van der Waals surface area contributed by atoms with Crippen molar-refractivity contribution in [1.82, 2.24) is 9.55 Å². The first-order valence-corrected chi connectivity index (χ1v) is 4.30. The molecule has 0 aliphatic rings. The van der Waals surface area contributed by atoms with Crippen molar-refractivity contribution in [2.45, 2.75) is 0 Å². The molecule has 0 amide bonds. The minimum Gasteiger partial charge on any atom is -0.791 e. The van der Waals surface area contributed by atoms with Gasteiger partial charge in [-0.05, 0) is 12.1 Å². The molecule has 1 heterocycles. The molecule has 0 saturated carbocycles. The molecule has 1 aromatic carbocycles. The van der Waals surface area contributed by atoms with Gasteiger partial charge in [0, 0.05) is 7.05 Å². The van der Waals surface area contributed by atoms with E-state index in [0.29, 0.717) is 5.82 Å². The maximum Gasteiger partial charge on any atom is 1.00 e. The molecule has 0 bridgehead atoms. The van der Waals surface area contributed by atoms with Gasteiger partial charge in [0.25, 0.3) is 0 Å². The Bertz CT molecular complexity index is 582. The number of aromatic nitrogens is 2. The molecule has 2 rings (SSSR count). The van der Waals surface area contributed by atoms with Crippen molar-refractivity contribution >= 4 is 16.7 Å². The molecule has 0 atom stereocenters. The second-order valence-electron chi connectivity index (χ2n) is 3.03. The average Bonchev–Trinajstić information content (AvgIpc) is 2.60. The van der Waals surface area contributed by atoms with Crippen LogP contribution in [-0.4, -0.2) is 15.3 Å². The van der Waals surface area contributed by atoms with Crippen LogP contribution in [0.4, 0.5) is 0 Å². The predicted molar refractivity (Wildman–Crippen MR) is 56.2 cm³/mol. The molecule has 0 unspecified atom stereocenters. The first-order valence-electron chi connectivity index (χ1n) is 4.30. The van der Waals surface area contributed by atoms with E-state index in [9.17, 15) is 5.21 Å². The van der Waals surface area contributed by atoms with Crippen molar-refractivity contribution in [1.29, 1.82) is 5.26 Å². The van der Waals surface area contributed by atoms with Gasteiger partial charge in [0.15, 0.2) is 11.5 Å². The Kier molecular flexibility index (Phi) is 4.64. The molecule has 0 aliphatic heterocycles. The number of benzene rings is 1. The van der Waals surface area contributed by atoms with Crippen LogP contribution < -0.4 is 51.4 Å². The second-order valence-corrected chi connectivity index (χ2v) is 3.03. The van der Waals surface area contributed by atoms with E-state index in [1.54, 1.807) is 17.7 Å². The van der Waals surface area contributed by atoms with Crippen LogP contribution in [0, 0.1) is 16.5 Å². The molecule has 1 aromatic heterocycles. The van der Waals surface area contributed by atoms with Crippen LogP contribution in [0.2, 0.25) is 0 Å². The Balaban J connectivity index is 0.00000128.